The predicted molar refractivity (Wildman–Crippen MR) is 117 cm³/mol. The van der Waals surface area contributed by atoms with E-state index in [1.54, 1.807) is 6.26 Å². The van der Waals surface area contributed by atoms with Crippen LogP contribution < -0.4 is 27.4 Å². The van der Waals surface area contributed by atoms with Crippen molar-refractivity contribution in [2.24, 2.45) is 11.5 Å². The Labute approximate surface area is 194 Å². The van der Waals surface area contributed by atoms with E-state index in [9.17, 15) is 39.0 Å². The first-order valence-electron chi connectivity index (χ1n) is 9.86. The highest BCUT2D eigenvalue weighted by molar-refractivity contribution is 7.98. The number of carboxylic acids is 2. The number of aliphatic hydroxyl groups is 1. The minimum absolute atomic E-state index is 0.0574. The average Bonchev–Trinajstić information content (AvgIpc) is 2.71. The monoisotopic (exact) mass is 493 g/mol. The Bertz CT molecular complexity index is 734. The van der Waals surface area contributed by atoms with E-state index in [1.807, 2.05) is 0 Å². The van der Waals surface area contributed by atoms with Crippen molar-refractivity contribution < 1.29 is 44.1 Å². The standard InChI is InChI=1S/C18H31N5O9S/c1-8(24)14(20)17(30)23-11(7-13(26)27)16(29)21-9(5-6-33-2)15(28)22-10(18(31)32)3-4-12(19)25/h8-11,14,24H,3-7,20H2,1-2H3,(H2,19,25)(H,21,29)(H,22,28)(H,23,30)(H,26,27)(H,31,32). The van der Waals surface area contributed by atoms with Crippen molar-refractivity contribution in [3.63, 3.8) is 0 Å². The zero-order valence-electron chi connectivity index (χ0n) is 18.3. The lowest BCUT2D eigenvalue weighted by atomic mass is 10.1. The maximum atomic E-state index is 12.7. The van der Waals surface area contributed by atoms with E-state index in [1.165, 1.54) is 18.7 Å². The zero-order valence-corrected chi connectivity index (χ0v) is 19.1. The van der Waals surface area contributed by atoms with E-state index in [2.05, 4.69) is 16.0 Å². The van der Waals surface area contributed by atoms with Crippen molar-refractivity contribution >= 4 is 47.3 Å². The largest absolute Gasteiger partial charge is 0.481 e. The molecule has 0 aliphatic heterocycles. The van der Waals surface area contributed by atoms with E-state index < -0.39 is 72.3 Å². The molecule has 5 atom stereocenters. The second kappa shape index (κ2) is 15.0. The molecule has 188 valence electrons. The molecule has 33 heavy (non-hydrogen) atoms. The minimum Gasteiger partial charge on any atom is -0.481 e. The molecule has 0 saturated heterocycles. The van der Waals surface area contributed by atoms with Gasteiger partial charge in [-0.05, 0) is 31.8 Å². The van der Waals surface area contributed by atoms with Gasteiger partial charge in [0.1, 0.15) is 24.2 Å². The molecule has 0 rings (SSSR count). The Balaban J connectivity index is 5.49. The number of hydrogen-bond donors (Lipinski definition) is 8. The molecule has 0 saturated carbocycles. The molecule has 15 heteroatoms. The lowest BCUT2D eigenvalue weighted by Gasteiger charge is -2.25. The quantitative estimate of drug-likeness (QED) is 0.106. The van der Waals surface area contributed by atoms with Gasteiger partial charge in [0.15, 0.2) is 0 Å². The number of carbonyl (C=O) groups is 6. The molecule has 0 aliphatic rings. The average molecular weight is 494 g/mol. The SMILES string of the molecule is CSCCC(NC(=O)C(CC(=O)O)NC(=O)C(N)C(C)O)C(=O)NC(CCC(N)=O)C(=O)O. The molecule has 0 aliphatic carbocycles. The summed E-state index contributed by atoms with van der Waals surface area (Å²) in [7, 11) is 0. The number of carboxylic acid groups (broad SMARTS) is 2. The summed E-state index contributed by atoms with van der Waals surface area (Å²) in [5, 5.41) is 34.4. The van der Waals surface area contributed by atoms with Gasteiger partial charge >= 0.3 is 11.9 Å². The lowest BCUT2D eigenvalue weighted by molar-refractivity contribution is -0.143. The first-order valence-corrected chi connectivity index (χ1v) is 11.3. The van der Waals surface area contributed by atoms with Gasteiger partial charge in [-0.2, -0.15) is 11.8 Å². The second-order valence-electron chi connectivity index (χ2n) is 7.17. The summed E-state index contributed by atoms with van der Waals surface area (Å²) < 4.78 is 0. The van der Waals surface area contributed by atoms with Gasteiger partial charge in [-0.1, -0.05) is 0 Å². The number of amides is 4. The Hall–Kier alpha value is -2.91. The van der Waals surface area contributed by atoms with Gasteiger partial charge in [0.2, 0.25) is 23.6 Å². The van der Waals surface area contributed by atoms with Crippen molar-refractivity contribution in [2.45, 2.75) is 62.9 Å². The summed E-state index contributed by atoms with van der Waals surface area (Å²) >= 11 is 1.33. The van der Waals surface area contributed by atoms with Crippen molar-refractivity contribution in [2.75, 3.05) is 12.0 Å². The summed E-state index contributed by atoms with van der Waals surface area (Å²) in [5.74, 6) is -6.10. The molecule has 0 fully saturated rings. The maximum Gasteiger partial charge on any atom is 0.326 e. The number of aliphatic hydroxyl groups excluding tert-OH is 1. The number of thioether (sulfide) groups is 1. The Morgan fingerprint density at radius 3 is 1.85 bits per heavy atom. The Morgan fingerprint density at radius 2 is 1.39 bits per heavy atom. The predicted octanol–water partition coefficient (Wildman–Crippen LogP) is -3.27. The first-order chi connectivity index (χ1) is 15.3. The van der Waals surface area contributed by atoms with Crippen LogP contribution in [0.15, 0.2) is 0 Å². The van der Waals surface area contributed by atoms with Crippen LogP contribution in [0.4, 0.5) is 0 Å². The number of rotatable bonds is 16. The van der Waals surface area contributed by atoms with Gasteiger partial charge < -0.3 is 42.7 Å². The topological polar surface area (TPSA) is 251 Å². The van der Waals surface area contributed by atoms with Crippen molar-refractivity contribution in [3.8, 4) is 0 Å². The van der Waals surface area contributed by atoms with E-state index in [0.717, 1.165) is 0 Å². The van der Waals surface area contributed by atoms with E-state index in [0.29, 0.717) is 5.75 Å². The zero-order chi connectivity index (χ0) is 25.7. The fraction of sp³-hybridized carbons (Fsp3) is 0.667. The van der Waals surface area contributed by atoms with Gasteiger partial charge in [-0.25, -0.2) is 4.79 Å². The number of primary amides is 1. The summed E-state index contributed by atoms with van der Waals surface area (Å²) in [5.41, 5.74) is 10.5. The molecule has 14 nitrogen and oxygen atoms in total. The number of hydrogen-bond acceptors (Lipinski definition) is 9. The van der Waals surface area contributed by atoms with Crippen LogP contribution in [0, 0.1) is 0 Å². The van der Waals surface area contributed by atoms with Crippen molar-refractivity contribution in [1.29, 1.82) is 0 Å². The molecule has 0 spiro atoms. The van der Waals surface area contributed by atoms with Crippen LogP contribution in [0.5, 0.6) is 0 Å². The number of nitrogens with two attached hydrogens (primary N) is 2. The maximum absolute atomic E-state index is 12.7. The van der Waals surface area contributed by atoms with Gasteiger partial charge in [0, 0.05) is 6.42 Å². The summed E-state index contributed by atoms with van der Waals surface area (Å²) in [6, 6.07) is -5.75. The molecule has 0 radical (unpaired) electrons. The van der Waals surface area contributed by atoms with Crippen LogP contribution in [0.3, 0.4) is 0 Å². The van der Waals surface area contributed by atoms with E-state index in [-0.39, 0.29) is 19.3 Å². The van der Waals surface area contributed by atoms with E-state index >= 15 is 0 Å². The first kappa shape index (κ1) is 30.1. The fourth-order valence-electron chi connectivity index (χ4n) is 2.46. The molecule has 0 heterocycles. The summed E-state index contributed by atoms with van der Waals surface area (Å²) in [6.45, 7) is 1.23. The molecule has 0 aromatic rings. The Kier molecular flexibility index (Phi) is 13.7. The molecule has 0 aromatic carbocycles. The summed E-state index contributed by atoms with van der Waals surface area (Å²) in [6.07, 6.45) is -0.885. The molecular weight excluding hydrogens is 462 g/mol. The highest BCUT2D eigenvalue weighted by atomic mass is 32.2. The second-order valence-corrected chi connectivity index (χ2v) is 8.16. The highest BCUT2D eigenvalue weighted by Crippen LogP contribution is 2.06. The van der Waals surface area contributed by atoms with E-state index in [4.69, 9.17) is 16.6 Å². The fourth-order valence-corrected chi connectivity index (χ4v) is 2.94. The van der Waals surface area contributed by atoms with Crippen molar-refractivity contribution in [1.82, 2.24) is 16.0 Å². The lowest BCUT2D eigenvalue weighted by Crippen LogP contribution is -2.58. The van der Waals surface area contributed by atoms with Gasteiger partial charge in [0.05, 0.1) is 12.5 Å². The smallest absolute Gasteiger partial charge is 0.326 e. The normalized spacial score (nSPS) is 15.3. The third-order valence-corrected chi connectivity index (χ3v) is 5.02. The van der Waals surface area contributed by atoms with Crippen LogP contribution in [0.25, 0.3) is 0 Å². The minimum atomic E-state index is -1.62. The number of nitrogens with one attached hydrogen (secondary N) is 3. The molecule has 10 N–H and O–H groups in total. The molecule has 4 amide bonds. The summed E-state index contributed by atoms with van der Waals surface area (Å²) in [4.78, 5) is 70.8. The Morgan fingerprint density at radius 1 is 0.879 bits per heavy atom. The third-order valence-electron chi connectivity index (χ3n) is 4.37. The number of aliphatic carboxylic acids is 2. The highest BCUT2D eigenvalue weighted by Gasteiger charge is 2.32. The van der Waals surface area contributed by atoms with Crippen LogP contribution >= 0.6 is 11.8 Å². The molecule has 0 bridgehead atoms. The number of carbonyl (C=O) groups excluding carboxylic acids is 4. The molecule has 5 unspecified atom stereocenters. The van der Waals surface area contributed by atoms with Crippen LogP contribution in [-0.2, 0) is 28.8 Å². The molecular formula is C18H31N5O9S. The third kappa shape index (κ3) is 12.1. The van der Waals surface area contributed by atoms with Gasteiger partial charge in [0.25, 0.3) is 0 Å². The van der Waals surface area contributed by atoms with Crippen LogP contribution in [0.1, 0.15) is 32.6 Å². The molecule has 0 aromatic heterocycles. The van der Waals surface area contributed by atoms with Crippen molar-refractivity contribution in [3.05, 3.63) is 0 Å². The van der Waals surface area contributed by atoms with Gasteiger partial charge in [-0.15, -0.1) is 0 Å². The van der Waals surface area contributed by atoms with Gasteiger partial charge in [-0.3, -0.25) is 24.0 Å². The van der Waals surface area contributed by atoms with Crippen LogP contribution in [-0.4, -0.2) is 93.2 Å². The van der Waals surface area contributed by atoms with Crippen LogP contribution in [0.2, 0.25) is 0 Å².